The monoisotopic (exact) mass is 270 g/mol. The summed E-state index contributed by atoms with van der Waals surface area (Å²) >= 11 is 0. The van der Waals surface area contributed by atoms with Gasteiger partial charge in [0.2, 0.25) is 0 Å². The molecule has 1 aromatic heterocycles. The first kappa shape index (κ1) is 13.2. The van der Waals surface area contributed by atoms with E-state index >= 15 is 0 Å². The fraction of sp³-hybridized carbons (Fsp3) is 0.438. The molecule has 0 atom stereocenters. The smallest absolute Gasteiger partial charge is 0.148 e. The number of anilines is 1. The second-order valence-corrected chi connectivity index (χ2v) is 5.65. The van der Waals surface area contributed by atoms with Gasteiger partial charge in [0, 0.05) is 17.7 Å². The molecule has 1 aromatic carbocycles. The van der Waals surface area contributed by atoms with Crippen molar-refractivity contribution in [2.24, 2.45) is 0 Å². The van der Waals surface area contributed by atoms with Crippen LogP contribution in [0.25, 0.3) is 11.3 Å². The van der Waals surface area contributed by atoms with Crippen molar-refractivity contribution in [3.05, 3.63) is 35.4 Å². The molecule has 1 aliphatic rings. The molecule has 3 N–H and O–H groups in total. The summed E-state index contributed by atoms with van der Waals surface area (Å²) in [5.41, 5.74) is 4.88. The molecule has 2 aromatic rings. The number of benzene rings is 1. The lowest BCUT2D eigenvalue weighted by Crippen LogP contribution is -2.35. The van der Waals surface area contributed by atoms with Crippen molar-refractivity contribution in [1.82, 2.24) is 15.5 Å². The highest BCUT2D eigenvalue weighted by atomic mass is 15.2. The number of hydrogen-bond donors (Lipinski definition) is 3. The number of aromatic nitrogens is 2. The molecule has 0 bridgehead atoms. The van der Waals surface area contributed by atoms with E-state index in [0.29, 0.717) is 6.04 Å². The Morgan fingerprint density at radius 1 is 1.15 bits per heavy atom. The fourth-order valence-electron chi connectivity index (χ4n) is 2.82. The first-order chi connectivity index (χ1) is 9.72. The predicted octanol–water partition coefficient (Wildman–Crippen LogP) is 2.86. The number of H-pyrrole nitrogens is 1. The van der Waals surface area contributed by atoms with Gasteiger partial charge >= 0.3 is 0 Å². The summed E-state index contributed by atoms with van der Waals surface area (Å²) in [7, 11) is 0. The lowest BCUT2D eigenvalue weighted by Gasteiger charge is -2.23. The SMILES string of the molecule is Cc1ccc(-c2cc(NC3CCNCC3)n[nH]2)c(C)c1. The molecule has 1 saturated heterocycles. The van der Waals surface area contributed by atoms with Gasteiger partial charge in [-0.2, -0.15) is 5.10 Å². The third-order valence-corrected chi connectivity index (χ3v) is 3.94. The second-order valence-electron chi connectivity index (χ2n) is 5.65. The van der Waals surface area contributed by atoms with Crippen LogP contribution in [0.15, 0.2) is 24.3 Å². The lowest BCUT2D eigenvalue weighted by atomic mass is 10.0. The Hall–Kier alpha value is -1.81. The standard InChI is InChI=1S/C16H22N4/c1-11-3-4-14(12(2)9-11)15-10-16(20-19-15)18-13-5-7-17-8-6-13/h3-4,9-10,13,17H,5-8H2,1-2H3,(H2,18,19,20). The highest BCUT2D eigenvalue weighted by Crippen LogP contribution is 2.24. The topological polar surface area (TPSA) is 52.7 Å². The number of aromatic amines is 1. The minimum Gasteiger partial charge on any atom is -0.366 e. The molecule has 1 fully saturated rings. The van der Waals surface area contributed by atoms with E-state index in [4.69, 9.17) is 0 Å². The van der Waals surface area contributed by atoms with Crippen LogP contribution in [0.2, 0.25) is 0 Å². The van der Waals surface area contributed by atoms with E-state index in [1.807, 2.05) is 0 Å². The predicted molar refractivity (Wildman–Crippen MR) is 83.0 cm³/mol. The maximum Gasteiger partial charge on any atom is 0.148 e. The van der Waals surface area contributed by atoms with Crippen LogP contribution in [-0.4, -0.2) is 29.3 Å². The van der Waals surface area contributed by atoms with Gasteiger partial charge in [-0.05, 0) is 45.3 Å². The molecule has 0 radical (unpaired) electrons. The van der Waals surface area contributed by atoms with Crippen molar-refractivity contribution < 1.29 is 0 Å². The van der Waals surface area contributed by atoms with Crippen LogP contribution in [0.3, 0.4) is 0 Å². The molecular formula is C16H22N4. The molecule has 0 unspecified atom stereocenters. The van der Waals surface area contributed by atoms with Gasteiger partial charge in [-0.3, -0.25) is 5.10 Å². The van der Waals surface area contributed by atoms with E-state index in [9.17, 15) is 0 Å². The third-order valence-electron chi connectivity index (χ3n) is 3.94. The van der Waals surface area contributed by atoms with E-state index in [1.165, 1.54) is 16.7 Å². The average molecular weight is 270 g/mol. The van der Waals surface area contributed by atoms with E-state index in [2.05, 4.69) is 58.9 Å². The summed E-state index contributed by atoms with van der Waals surface area (Å²) in [6.07, 6.45) is 2.32. The van der Waals surface area contributed by atoms with Crippen molar-refractivity contribution >= 4 is 5.82 Å². The minimum atomic E-state index is 0.534. The molecule has 0 amide bonds. The van der Waals surface area contributed by atoms with Crippen molar-refractivity contribution in [2.45, 2.75) is 32.7 Å². The maximum atomic E-state index is 4.39. The van der Waals surface area contributed by atoms with Gasteiger partial charge in [-0.1, -0.05) is 23.8 Å². The van der Waals surface area contributed by atoms with Crippen LogP contribution in [0.5, 0.6) is 0 Å². The van der Waals surface area contributed by atoms with Crippen molar-refractivity contribution in [3.8, 4) is 11.3 Å². The summed E-state index contributed by atoms with van der Waals surface area (Å²) in [6.45, 7) is 6.44. The molecule has 20 heavy (non-hydrogen) atoms. The quantitative estimate of drug-likeness (QED) is 0.804. The minimum absolute atomic E-state index is 0.534. The third kappa shape index (κ3) is 2.85. The summed E-state index contributed by atoms with van der Waals surface area (Å²) in [5.74, 6) is 0.951. The fourth-order valence-corrected chi connectivity index (χ4v) is 2.82. The van der Waals surface area contributed by atoms with E-state index in [-0.39, 0.29) is 0 Å². The van der Waals surface area contributed by atoms with Gasteiger partial charge in [0.15, 0.2) is 0 Å². The molecule has 4 heteroatoms. The molecule has 4 nitrogen and oxygen atoms in total. The first-order valence-corrected chi connectivity index (χ1v) is 7.32. The van der Waals surface area contributed by atoms with E-state index < -0.39 is 0 Å². The highest BCUT2D eigenvalue weighted by Gasteiger charge is 2.14. The number of rotatable bonds is 3. The number of piperidine rings is 1. The van der Waals surface area contributed by atoms with Crippen LogP contribution in [0, 0.1) is 13.8 Å². The highest BCUT2D eigenvalue weighted by molar-refractivity contribution is 5.66. The maximum absolute atomic E-state index is 4.39. The zero-order chi connectivity index (χ0) is 13.9. The Bertz CT molecular complexity index is 582. The van der Waals surface area contributed by atoms with E-state index in [0.717, 1.165) is 37.4 Å². The average Bonchev–Trinajstić information content (AvgIpc) is 2.88. The van der Waals surface area contributed by atoms with Crippen LogP contribution in [-0.2, 0) is 0 Å². The zero-order valence-electron chi connectivity index (χ0n) is 12.2. The van der Waals surface area contributed by atoms with Gasteiger partial charge in [-0.15, -0.1) is 0 Å². The van der Waals surface area contributed by atoms with Gasteiger partial charge in [0.05, 0.1) is 5.69 Å². The molecule has 0 saturated carbocycles. The van der Waals surface area contributed by atoms with Crippen LogP contribution in [0.1, 0.15) is 24.0 Å². The first-order valence-electron chi connectivity index (χ1n) is 7.32. The number of aryl methyl sites for hydroxylation is 2. The van der Waals surface area contributed by atoms with Crippen LogP contribution in [0.4, 0.5) is 5.82 Å². The van der Waals surface area contributed by atoms with Gasteiger partial charge in [-0.25, -0.2) is 0 Å². The lowest BCUT2D eigenvalue weighted by molar-refractivity contribution is 0.478. The Labute approximate surface area is 120 Å². The van der Waals surface area contributed by atoms with Gasteiger partial charge in [0.1, 0.15) is 5.82 Å². The molecule has 2 heterocycles. The summed E-state index contributed by atoms with van der Waals surface area (Å²) in [5, 5.41) is 14.4. The summed E-state index contributed by atoms with van der Waals surface area (Å²) in [6, 6.07) is 9.15. The second kappa shape index (κ2) is 5.67. The summed E-state index contributed by atoms with van der Waals surface area (Å²) in [4.78, 5) is 0. The largest absolute Gasteiger partial charge is 0.366 e. The Balaban J connectivity index is 1.75. The number of nitrogens with one attached hydrogen (secondary N) is 3. The molecular weight excluding hydrogens is 248 g/mol. The normalized spacial score (nSPS) is 16.3. The van der Waals surface area contributed by atoms with E-state index in [1.54, 1.807) is 0 Å². The molecule has 1 aliphatic heterocycles. The van der Waals surface area contributed by atoms with Crippen molar-refractivity contribution in [2.75, 3.05) is 18.4 Å². The molecule has 106 valence electrons. The molecule has 3 rings (SSSR count). The molecule has 0 spiro atoms. The number of hydrogen-bond acceptors (Lipinski definition) is 3. The van der Waals surface area contributed by atoms with Gasteiger partial charge < -0.3 is 10.6 Å². The van der Waals surface area contributed by atoms with Crippen molar-refractivity contribution in [3.63, 3.8) is 0 Å². The Morgan fingerprint density at radius 2 is 1.95 bits per heavy atom. The van der Waals surface area contributed by atoms with Gasteiger partial charge in [0.25, 0.3) is 0 Å². The molecule has 0 aliphatic carbocycles. The zero-order valence-corrected chi connectivity index (χ0v) is 12.2. The van der Waals surface area contributed by atoms with Crippen LogP contribution >= 0.6 is 0 Å². The van der Waals surface area contributed by atoms with Crippen LogP contribution < -0.4 is 10.6 Å². The Morgan fingerprint density at radius 3 is 2.70 bits per heavy atom. The van der Waals surface area contributed by atoms with Crippen molar-refractivity contribution in [1.29, 1.82) is 0 Å². The Kier molecular flexibility index (Phi) is 3.74. The summed E-state index contributed by atoms with van der Waals surface area (Å²) < 4.78 is 0. The number of nitrogens with zero attached hydrogens (tertiary/aromatic N) is 1.